The Bertz CT molecular complexity index is 1490. The number of benzene rings is 3. The Morgan fingerprint density at radius 3 is 1.95 bits per heavy atom. The largest absolute Gasteiger partial charge is 0.475 e. The van der Waals surface area contributed by atoms with Gasteiger partial charge in [0.05, 0.1) is 5.70 Å². The summed E-state index contributed by atoms with van der Waals surface area (Å²) in [6.45, 7) is 3.20. The number of Topliss-reactive ketones (excluding diaryl/α,β-unsaturated/α-hetero) is 1. The molecule has 43 heavy (non-hydrogen) atoms. The molecule has 0 spiro atoms. The molecular formula is C34H35N3O6. The fourth-order valence-corrected chi connectivity index (χ4v) is 5.13. The molecule has 0 fully saturated rings. The van der Waals surface area contributed by atoms with E-state index in [1.165, 1.54) is 9.80 Å². The van der Waals surface area contributed by atoms with E-state index in [1.54, 1.807) is 60.8 Å². The van der Waals surface area contributed by atoms with Gasteiger partial charge in [-0.2, -0.15) is 0 Å². The SMILES string of the molecule is CC(C)C1C(=O)N(CC(=O)N[C@@H](Cc2ccccc2)C(=O)C(=O)O)C(c2ccccc2)=CN1C(=O)CCc1ccccc1. The van der Waals surface area contributed by atoms with E-state index in [2.05, 4.69) is 5.32 Å². The predicted molar refractivity (Wildman–Crippen MR) is 161 cm³/mol. The van der Waals surface area contributed by atoms with Crippen molar-refractivity contribution >= 4 is 35.2 Å². The average molecular weight is 582 g/mol. The first-order valence-electron chi connectivity index (χ1n) is 14.2. The van der Waals surface area contributed by atoms with Crippen LogP contribution in [0.25, 0.3) is 5.70 Å². The summed E-state index contributed by atoms with van der Waals surface area (Å²) in [5.41, 5.74) is 2.65. The molecule has 0 aliphatic carbocycles. The number of hydrogen-bond acceptors (Lipinski definition) is 5. The molecule has 0 aromatic heterocycles. The van der Waals surface area contributed by atoms with Gasteiger partial charge >= 0.3 is 5.97 Å². The lowest BCUT2D eigenvalue weighted by Gasteiger charge is -2.41. The number of aliphatic carboxylic acids is 1. The third-order valence-corrected chi connectivity index (χ3v) is 7.28. The highest BCUT2D eigenvalue weighted by atomic mass is 16.4. The lowest BCUT2D eigenvalue weighted by molar-refractivity contribution is -0.150. The van der Waals surface area contributed by atoms with Gasteiger partial charge in [-0.15, -0.1) is 0 Å². The van der Waals surface area contributed by atoms with Gasteiger partial charge in [0.2, 0.25) is 11.8 Å². The molecule has 1 aliphatic rings. The third-order valence-electron chi connectivity index (χ3n) is 7.28. The molecule has 1 unspecified atom stereocenters. The van der Waals surface area contributed by atoms with Crippen LogP contribution in [-0.4, -0.2) is 63.0 Å². The fraction of sp³-hybridized carbons (Fsp3) is 0.265. The summed E-state index contributed by atoms with van der Waals surface area (Å²) in [5.74, 6) is -4.45. The highest BCUT2D eigenvalue weighted by Gasteiger charge is 2.41. The minimum absolute atomic E-state index is 0.0225. The molecule has 0 saturated carbocycles. The monoisotopic (exact) mass is 581 g/mol. The number of hydrogen-bond donors (Lipinski definition) is 2. The molecule has 3 amide bonds. The summed E-state index contributed by atoms with van der Waals surface area (Å²) in [5, 5.41) is 11.9. The van der Waals surface area contributed by atoms with Gasteiger partial charge in [-0.05, 0) is 29.0 Å². The molecule has 1 heterocycles. The van der Waals surface area contributed by atoms with Crippen molar-refractivity contribution in [3.63, 3.8) is 0 Å². The summed E-state index contributed by atoms with van der Waals surface area (Å²) in [7, 11) is 0. The molecule has 4 rings (SSSR count). The molecule has 0 bridgehead atoms. The number of nitrogens with zero attached hydrogens (tertiary/aromatic N) is 2. The number of carbonyl (C=O) groups excluding carboxylic acids is 4. The lowest BCUT2D eigenvalue weighted by atomic mass is 9.96. The van der Waals surface area contributed by atoms with Crippen LogP contribution in [0, 0.1) is 5.92 Å². The Balaban J connectivity index is 1.62. The molecule has 2 atom stereocenters. The van der Waals surface area contributed by atoms with Gasteiger partial charge in [0, 0.05) is 19.0 Å². The summed E-state index contributed by atoms with van der Waals surface area (Å²) >= 11 is 0. The standard InChI is InChI=1S/C34H35N3O6/c1-23(2)31-33(41)36(22-29(38)35-27(32(40)34(42)43)20-25-14-8-4-9-15-25)28(26-16-10-5-11-17-26)21-37(31)30(39)19-18-24-12-6-3-7-13-24/h3-17,21,23,27,31H,18-20,22H2,1-2H3,(H,35,38)(H,42,43)/t27-,31?/m0/s1. The average Bonchev–Trinajstić information content (AvgIpc) is 3.01. The van der Waals surface area contributed by atoms with Crippen molar-refractivity contribution in [3.05, 3.63) is 114 Å². The Hall–Kier alpha value is -5.05. The zero-order chi connectivity index (χ0) is 30.9. The van der Waals surface area contributed by atoms with Crippen molar-refractivity contribution < 1.29 is 29.1 Å². The Morgan fingerprint density at radius 2 is 1.40 bits per heavy atom. The molecule has 0 saturated heterocycles. The number of carboxylic acids is 1. The summed E-state index contributed by atoms with van der Waals surface area (Å²) in [6.07, 6.45) is 2.30. The Morgan fingerprint density at radius 1 is 0.837 bits per heavy atom. The Labute approximate surface area is 250 Å². The van der Waals surface area contributed by atoms with Crippen molar-refractivity contribution in [3.8, 4) is 0 Å². The maximum atomic E-state index is 14.0. The quantitative estimate of drug-likeness (QED) is 0.315. The molecule has 1 aliphatic heterocycles. The van der Waals surface area contributed by atoms with Crippen LogP contribution in [0.1, 0.15) is 37.0 Å². The second kappa shape index (κ2) is 14.2. The number of rotatable bonds is 12. The van der Waals surface area contributed by atoms with Crippen LogP contribution in [0.3, 0.4) is 0 Å². The first-order valence-corrected chi connectivity index (χ1v) is 14.2. The molecule has 2 N–H and O–H groups in total. The molecule has 3 aromatic rings. The van der Waals surface area contributed by atoms with Gasteiger partial charge in [-0.25, -0.2) is 4.79 Å². The highest BCUT2D eigenvalue weighted by molar-refractivity contribution is 6.35. The molecular weight excluding hydrogens is 546 g/mol. The number of carboxylic acid groups (broad SMARTS) is 1. The molecule has 9 nitrogen and oxygen atoms in total. The maximum Gasteiger partial charge on any atom is 0.374 e. The van der Waals surface area contributed by atoms with Crippen LogP contribution in [0.2, 0.25) is 0 Å². The summed E-state index contributed by atoms with van der Waals surface area (Å²) < 4.78 is 0. The van der Waals surface area contributed by atoms with Gasteiger partial charge < -0.3 is 15.3 Å². The number of ketones is 1. The van der Waals surface area contributed by atoms with Gasteiger partial charge in [0.25, 0.3) is 11.7 Å². The molecule has 222 valence electrons. The van der Waals surface area contributed by atoms with Gasteiger partial charge in [-0.3, -0.25) is 24.1 Å². The topological polar surface area (TPSA) is 124 Å². The van der Waals surface area contributed by atoms with E-state index in [0.717, 1.165) is 5.56 Å². The second-order valence-electron chi connectivity index (χ2n) is 10.8. The van der Waals surface area contributed by atoms with E-state index < -0.39 is 42.2 Å². The predicted octanol–water partition coefficient (Wildman–Crippen LogP) is 3.69. The molecule has 3 aromatic carbocycles. The zero-order valence-corrected chi connectivity index (χ0v) is 24.2. The fourth-order valence-electron chi connectivity index (χ4n) is 5.13. The zero-order valence-electron chi connectivity index (χ0n) is 24.2. The van der Waals surface area contributed by atoms with Crippen LogP contribution in [0.4, 0.5) is 0 Å². The molecule has 0 radical (unpaired) electrons. The lowest BCUT2D eigenvalue weighted by Crippen LogP contribution is -2.57. The van der Waals surface area contributed by atoms with Crippen LogP contribution < -0.4 is 5.32 Å². The smallest absolute Gasteiger partial charge is 0.374 e. The van der Waals surface area contributed by atoms with Crippen molar-refractivity contribution in [2.24, 2.45) is 5.92 Å². The van der Waals surface area contributed by atoms with E-state index >= 15 is 0 Å². The van der Waals surface area contributed by atoms with Crippen LogP contribution in [-0.2, 0) is 36.8 Å². The van der Waals surface area contributed by atoms with E-state index in [9.17, 15) is 29.1 Å². The summed E-state index contributed by atoms with van der Waals surface area (Å²) in [6, 6.07) is 25.1. The third kappa shape index (κ3) is 7.82. The number of nitrogens with one attached hydrogen (secondary N) is 1. The number of carbonyl (C=O) groups is 5. The van der Waals surface area contributed by atoms with Crippen LogP contribution in [0.15, 0.2) is 97.2 Å². The van der Waals surface area contributed by atoms with Crippen LogP contribution >= 0.6 is 0 Å². The van der Waals surface area contributed by atoms with E-state index in [1.807, 2.05) is 50.2 Å². The van der Waals surface area contributed by atoms with E-state index in [-0.39, 0.29) is 24.7 Å². The van der Waals surface area contributed by atoms with Crippen molar-refractivity contribution in [1.82, 2.24) is 15.1 Å². The minimum Gasteiger partial charge on any atom is -0.475 e. The van der Waals surface area contributed by atoms with Crippen molar-refractivity contribution in [1.29, 1.82) is 0 Å². The first kappa shape index (κ1) is 30.9. The van der Waals surface area contributed by atoms with E-state index in [4.69, 9.17) is 0 Å². The maximum absolute atomic E-state index is 14.0. The highest BCUT2D eigenvalue weighted by Crippen LogP contribution is 2.30. The summed E-state index contributed by atoms with van der Waals surface area (Å²) in [4.78, 5) is 67.8. The minimum atomic E-state index is -1.66. The van der Waals surface area contributed by atoms with Crippen molar-refractivity contribution in [2.45, 2.75) is 45.2 Å². The number of aryl methyl sites for hydroxylation is 1. The Kier molecular flexibility index (Phi) is 10.2. The normalized spacial score (nSPS) is 15.6. The van der Waals surface area contributed by atoms with Crippen molar-refractivity contribution in [2.75, 3.05) is 6.54 Å². The van der Waals surface area contributed by atoms with Gasteiger partial charge in [0.1, 0.15) is 18.6 Å². The van der Waals surface area contributed by atoms with Gasteiger partial charge in [0.15, 0.2) is 0 Å². The van der Waals surface area contributed by atoms with E-state index in [0.29, 0.717) is 23.2 Å². The molecule has 9 heteroatoms. The second-order valence-corrected chi connectivity index (χ2v) is 10.8. The first-order chi connectivity index (χ1) is 20.7. The number of amides is 3. The van der Waals surface area contributed by atoms with Gasteiger partial charge in [-0.1, -0.05) is 105 Å². The van der Waals surface area contributed by atoms with Crippen LogP contribution in [0.5, 0.6) is 0 Å².